The second-order valence-corrected chi connectivity index (χ2v) is 6.46. The number of benzene rings is 1. The molecule has 0 spiro atoms. The molecule has 1 atom stereocenters. The van der Waals surface area contributed by atoms with Crippen LogP contribution in [0.25, 0.3) is 0 Å². The van der Waals surface area contributed by atoms with E-state index in [9.17, 15) is 0 Å². The van der Waals surface area contributed by atoms with Gasteiger partial charge in [0.05, 0.1) is 5.69 Å². The summed E-state index contributed by atoms with van der Waals surface area (Å²) in [4.78, 5) is 6.76. The molecule has 0 radical (unpaired) electrons. The molecule has 142 valence electrons. The Bertz CT molecular complexity index is 696. The van der Waals surface area contributed by atoms with Gasteiger partial charge in [0.2, 0.25) is 0 Å². The molecule has 2 heterocycles. The van der Waals surface area contributed by atoms with Crippen LogP contribution in [0.2, 0.25) is 0 Å². The lowest BCUT2D eigenvalue weighted by Gasteiger charge is -2.20. The van der Waals surface area contributed by atoms with Crippen molar-refractivity contribution >= 4 is 35.6 Å². The molecule has 1 aliphatic heterocycles. The molecule has 0 aliphatic carbocycles. The zero-order valence-electron chi connectivity index (χ0n) is 15.7. The fourth-order valence-corrected chi connectivity index (χ4v) is 3.30. The first kappa shape index (κ1) is 20.5. The van der Waals surface area contributed by atoms with E-state index >= 15 is 0 Å². The van der Waals surface area contributed by atoms with Gasteiger partial charge in [0.25, 0.3) is 0 Å². The number of aryl methyl sites for hydroxylation is 2. The highest BCUT2D eigenvalue weighted by atomic mass is 127. The summed E-state index contributed by atoms with van der Waals surface area (Å²) in [6.45, 7) is 6.80. The number of hydrogen-bond donors (Lipinski definition) is 2. The van der Waals surface area contributed by atoms with Crippen LogP contribution in [-0.4, -0.2) is 43.8 Å². The second-order valence-electron chi connectivity index (χ2n) is 6.46. The minimum Gasteiger partial charge on any atom is -0.369 e. The normalized spacial score (nSPS) is 17.1. The molecule has 3 rings (SSSR count). The summed E-state index contributed by atoms with van der Waals surface area (Å²) >= 11 is 0. The molecule has 26 heavy (non-hydrogen) atoms. The van der Waals surface area contributed by atoms with Crippen LogP contribution in [-0.2, 0) is 6.42 Å². The number of aromatic nitrogens is 1. The Morgan fingerprint density at radius 1 is 1.31 bits per heavy atom. The van der Waals surface area contributed by atoms with E-state index in [0.717, 1.165) is 49.9 Å². The number of guanidine groups is 1. The van der Waals surface area contributed by atoms with Crippen LogP contribution >= 0.6 is 24.0 Å². The van der Waals surface area contributed by atoms with Gasteiger partial charge >= 0.3 is 0 Å². The summed E-state index contributed by atoms with van der Waals surface area (Å²) in [6, 6.07) is 11.0. The van der Waals surface area contributed by atoms with Gasteiger partial charge in [-0.25, -0.2) is 0 Å². The number of anilines is 1. The number of nitrogens with one attached hydrogen (secondary N) is 2. The lowest BCUT2D eigenvalue weighted by Crippen LogP contribution is -2.45. The maximum absolute atomic E-state index is 5.21. The monoisotopic (exact) mass is 469 g/mol. The van der Waals surface area contributed by atoms with E-state index in [2.05, 4.69) is 56.0 Å². The SMILES string of the molecule is CN=C(NCCc1c(C)noc1C)NC1CCN(c2ccccc2)C1.I. The molecule has 2 N–H and O–H groups in total. The molecule has 0 saturated carbocycles. The van der Waals surface area contributed by atoms with Gasteiger partial charge in [-0.05, 0) is 38.8 Å². The van der Waals surface area contributed by atoms with Crippen LogP contribution in [0.1, 0.15) is 23.4 Å². The molecule has 1 saturated heterocycles. The molecule has 2 aromatic rings. The van der Waals surface area contributed by atoms with E-state index in [4.69, 9.17) is 4.52 Å². The fourth-order valence-electron chi connectivity index (χ4n) is 3.30. The predicted molar refractivity (Wildman–Crippen MR) is 117 cm³/mol. The van der Waals surface area contributed by atoms with Crippen LogP contribution in [0.15, 0.2) is 39.8 Å². The molecule has 0 amide bonds. The summed E-state index contributed by atoms with van der Waals surface area (Å²) in [5.41, 5.74) is 3.43. The zero-order valence-corrected chi connectivity index (χ0v) is 18.0. The molecule has 0 bridgehead atoms. The molecule has 6 nitrogen and oxygen atoms in total. The molecular formula is C19H28IN5O. The van der Waals surface area contributed by atoms with Crippen molar-refractivity contribution in [3.63, 3.8) is 0 Å². The first-order valence-electron chi connectivity index (χ1n) is 8.86. The number of nitrogens with zero attached hydrogens (tertiary/aromatic N) is 3. The van der Waals surface area contributed by atoms with Gasteiger partial charge in [-0.1, -0.05) is 23.4 Å². The Morgan fingerprint density at radius 3 is 2.73 bits per heavy atom. The predicted octanol–water partition coefficient (Wildman–Crippen LogP) is 2.90. The minimum atomic E-state index is 0. The molecule has 1 aromatic heterocycles. The number of halogens is 1. The van der Waals surface area contributed by atoms with Crippen molar-refractivity contribution in [3.8, 4) is 0 Å². The Hall–Kier alpha value is -1.77. The van der Waals surface area contributed by atoms with E-state index < -0.39 is 0 Å². The van der Waals surface area contributed by atoms with E-state index in [1.165, 1.54) is 11.3 Å². The number of hydrogen-bond acceptors (Lipinski definition) is 4. The fraction of sp³-hybridized carbons (Fsp3) is 0.474. The number of rotatable bonds is 5. The largest absolute Gasteiger partial charge is 0.369 e. The van der Waals surface area contributed by atoms with Crippen molar-refractivity contribution in [1.29, 1.82) is 0 Å². The molecule has 1 unspecified atom stereocenters. The van der Waals surface area contributed by atoms with Crippen molar-refractivity contribution in [2.75, 3.05) is 31.6 Å². The third kappa shape index (κ3) is 5.12. The zero-order chi connectivity index (χ0) is 17.6. The topological polar surface area (TPSA) is 65.7 Å². The van der Waals surface area contributed by atoms with Gasteiger partial charge in [0, 0.05) is 44.0 Å². The Morgan fingerprint density at radius 2 is 2.08 bits per heavy atom. The van der Waals surface area contributed by atoms with Gasteiger partial charge in [0.1, 0.15) is 5.76 Å². The highest BCUT2D eigenvalue weighted by Gasteiger charge is 2.23. The van der Waals surface area contributed by atoms with Crippen LogP contribution in [0, 0.1) is 13.8 Å². The highest BCUT2D eigenvalue weighted by molar-refractivity contribution is 14.0. The van der Waals surface area contributed by atoms with Gasteiger partial charge in [-0.15, -0.1) is 24.0 Å². The summed E-state index contributed by atoms with van der Waals surface area (Å²) in [6.07, 6.45) is 1.99. The van der Waals surface area contributed by atoms with E-state index in [1.807, 2.05) is 20.9 Å². The Labute approximate surface area is 172 Å². The first-order valence-corrected chi connectivity index (χ1v) is 8.86. The average molecular weight is 469 g/mol. The van der Waals surface area contributed by atoms with Crippen molar-refractivity contribution in [1.82, 2.24) is 15.8 Å². The van der Waals surface area contributed by atoms with Gasteiger partial charge in [-0.3, -0.25) is 4.99 Å². The van der Waals surface area contributed by atoms with Gasteiger partial charge in [0.15, 0.2) is 5.96 Å². The third-order valence-electron chi connectivity index (χ3n) is 4.72. The lowest BCUT2D eigenvalue weighted by molar-refractivity contribution is 0.392. The van der Waals surface area contributed by atoms with Crippen molar-refractivity contribution in [2.45, 2.75) is 32.7 Å². The maximum Gasteiger partial charge on any atom is 0.191 e. The second kappa shape index (κ2) is 9.80. The molecule has 1 fully saturated rings. The number of para-hydroxylation sites is 1. The quantitative estimate of drug-likeness (QED) is 0.401. The van der Waals surface area contributed by atoms with E-state index in [-0.39, 0.29) is 24.0 Å². The van der Waals surface area contributed by atoms with Crippen LogP contribution in [0.5, 0.6) is 0 Å². The summed E-state index contributed by atoms with van der Waals surface area (Å²) in [5, 5.41) is 10.9. The standard InChI is InChI=1S/C19H27N5O.HI/c1-14-18(15(2)25-23-14)9-11-21-19(20-3)22-16-10-12-24(13-16)17-7-5-4-6-8-17;/h4-8,16H,9-13H2,1-3H3,(H2,20,21,22);1H. The molecule has 1 aliphatic rings. The molecule has 1 aromatic carbocycles. The van der Waals surface area contributed by atoms with Crippen molar-refractivity contribution in [2.24, 2.45) is 4.99 Å². The maximum atomic E-state index is 5.21. The average Bonchev–Trinajstić information content (AvgIpc) is 3.23. The first-order chi connectivity index (χ1) is 12.2. The summed E-state index contributed by atoms with van der Waals surface area (Å²) in [5.74, 6) is 1.75. The Balaban J connectivity index is 0.00000243. The highest BCUT2D eigenvalue weighted by Crippen LogP contribution is 2.19. The Kier molecular flexibility index (Phi) is 7.74. The minimum absolute atomic E-state index is 0. The van der Waals surface area contributed by atoms with Gasteiger partial charge in [-0.2, -0.15) is 0 Å². The van der Waals surface area contributed by atoms with Crippen LogP contribution < -0.4 is 15.5 Å². The van der Waals surface area contributed by atoms with E-state index in [0.29, 0.717) is 6.04 Å². The van der Waals surface area contributed by atoms with Gasteiger partial charge < -0.3 is 20.1 Å². The van der Waals surface area contributed by atoms with Crippen molar-refractivity contribution in [3.05, 3.63) is 47.3 Å². The lowest BCUT2D eigenvalue weighted by atomic mass is 10.1. The summed E-state index contributed by atoms with van der Waals surface area (Å²) < 4.78 is 5.21. The van der Waals surface area contributed by atoms with Crippen molar-refractivity contribution < 1.29 is 4.52 Å². The molecule has 7 heteroatoms. The number of aliphatic imine (C=N–C) groups is 1. The third-order valence-corrected chi connectivity index (χ3v) is 4.72. The van der Waals surface area contributed by atoms with Crippen LogP contribution in [0.4, 0.5) is 5.69 Å². The smallest absolute Gasteiger partial charge is 0.191 e. The molecular weight excluding hydrogens is 441 g/mol. The van der Waals surface area contributed by atoms with E-state index in [1.54, 1.807) is 0 Å². The van der Waals surface area contributed by atoms with Crippen LogP contribution in [0.3, 0.4) is 0 Å². The summed E-state index contributed by atoms with van der Waals surface area (Å²) in [7, 11) is 1.81.